The van der Waals surface area contributed by atoms with Crippen molar-refractivity contribution in [1.29, 1.82) is 0 Å². The van der Waals surface area contributed by atoms with Crippen molar-refractivity contribution in [2.75, 3.05) is 5.73 Å². The third kappa shape index (κ3) is 1.88. The molecule has 0 radical (unpaired) electrons. The van der Waals surface area contributed by atoms with Gasteiger partial charge in [0.05, 0.1) is 20.9 Å². The Balaban J connectivity index is 2.02. The van der Waals surface area contributed by atoms with Crippen LogP contribution < -0.4 is 10.5 Å². The van der Waals surface area contributed by atoms with E-state index in [1.807, 2.05) is 19.1 Å². The average molecular weight is 261 g/mol. The summed E-state index contributed by atoms with van der Waals surface area (Å²) < 4.78 is 8.16. The van der Waals surface area contributed by atoms with E-state index in [0.29, 0.717) is 11.4 Å². The summed E-state index contributed by atoms with van der Waals surface area (Å²) in [5, 5.41) is 5.04. The number of aromatic nitrogens is 4. The Morgan fingerprint density at radius 3 is 2.94 bits per heavy atom. The normalized spacial score (nSPS) is 11.0. The number of aryl methyl sites for hydroxylation is 2. The predicted molar refractivity (Wildman–Crippen MR) is 69.8 cm³/mol. The molecule has 0 unspecified atom stereocenters. The quantitative estimate of drug-likeness (QED) is 0.715. The molecule has 18 heavy (non-hydrogen) atoms. The minimum absolute atomic E-state index is 0.274. The van der Waals surface area contributed by atoms with Gasteiger partial charge in [-0.1, -0.05) is 0 Å². The molecule has 0 atom stereocenters. The van der Waals surface area contributed by atoms with Crippen LogP contribution >= 0.6 is 11.3 Å². The van der Waals surface area contributed by atoms with Crippen molar-refractivity contribution in [1.82, 2.24) is 19.7 Å². The van der Waals surface area contributed by atoms with Crippen LogP contribution in [0.15, 0.2) is 18.5 Å². The fraction of sp³-hybridized carbons (Fsp3) is 0.182. The highest BCUT2D eigenvalue weighted by atomic mass is 32.1. The lowest BCUT2D eigenvalue weighted by Crippen LogP contribution is -1.94. The second kappa shape index (κ2) is 3.95. The maximum absolute atomic E-state index is 5.94. The number of benzene rings is 1. The van der Waals surface area contributed by atoms with E-state index >= 15 is 0 Å². The second-order valence-corrected chi connectivity index (χ2v) is 5.13. The zero-order chi connectivity index (χ0) is 12.7. The number of hydrogen-bond acceptors (Lipinski definition) is 6. The van der Waals surface area contributed by atoms with E-state index in [1.165, 1.54) is 0 Å². The van der Waals surface area contributed by atoms with Crippen LogP contribution in [0.4, 0.5) is 5.69 Å². The van der Waals surface area contributed by atoms with E-state index in [2.05, 4.69) is 15.1 Å². The van der Waals surface area contributed by atoms with Crippen molar-refractivity contribution in [2.24, 2.45) is 7.05 Å². The summed E-state index contributed by atoms with van der Waals surface area (Å²) in [5.41, 5.74) is 7.37. The number of hydrogen-bond donors (Lipinski definition) is 1. The van der Waals surface area contributed by atoms with Crippen molar-refractivity contribution in [3.8, 4) is 11.8 Å². The molecule has 0 amide bonds. The Morgan fingerprint density at radius 2 is 2.22 bits per heavy atom. The fourth-order valence-corrected chi connectivity index (χ4v) is 2.50. The van der Waals surface area contributed by atoms with Crippen molar-refractivity contribution >= 4 is 27.2 Å². The maximum Gasteiger partial charge on any atom is 0.341 e. The Labute approximate surface area is 107 Å². The van der Waals surface area contributed by atoms with Crippen LogP contribution in [0.1, 0.15) is 5.01 Å². The predicted octanol–water partition coefficient (Wildman–Crippen LogP) is 2.11. The molecular formula is C11H11N5OS. The van der Waals surface area contributed by atoms with Crippen LogP contribution in [0.3, 0.4) is 0 Å². The lowest BCUT2D eigenvalue weighted by molar-refractivity contribution is 0.441. The smallest absolute Gasteiger partial charge is 0.341 e. The van der Waals surface area contributed by atoms with Crippen LogP contribution in [0, 0.1) is 6.92 Å². The maximum atomic E-state index is 5.94. The van der Waals surface area contributed by atoms with Gasteiger partial charge in [-0.15, -0.1) is 16.4 Å². The topological polar surface area (TPSA) is 78.9 Å². The Bertz CT molecular complexity index is 717. The molecule has 1 aromatic carbocycles. The van der Waals surface area contributed by atoms with E-state index in [4.69, 9.17) is 10.5 Å². The number of ether oxygens (including phenoxy) is 1. The molecular weight excluding hydrogens is 250 g/mol. The first-order chi connectivity index (χ1) is 8.61. The minimum Gasteiger partial charge on any atom is -0.421 e. The van der Waals surface area contributed by atoms with Gasteiger partial charge in [-0.25, -0.2) is 4.98 Å². The summed E-state index contributed by atoms with van der Waals surface area (Å²) in [6.45, 7) is 1.96. The third-order valence-corrected chi connectivity index (χ3v) is 3.34. The Morgan fingerprint density at radius 1 is 1.39 bits per heavy atom. The summed E-state index contributed by atoms with van der Waals surface area (Å²) in [7, 11) is 1.77. The van der Waals surface area contributed by atoms with Gasteiger partial charge in [-0.05, 0) is 13.0 Å². The average Bonchev–Trinajstić information content (AvgIpc) is 2.85. The molecule has 0 spiro atoms. The van der Waals surface area contributed by atoms with Crippen LogP contribution in [0.25, 0.3) is 10.2 Å². The molecule has 7 heteroatoms. The van der Waals surface area contributed by atoms with Crippen LogP contribution in [-0.4, -0.2) is 19.7 Å². The zero-order valence-electron chi connectivity index (χ0n) is 9.91. The molecule has 0 saturated carbocycles. The zero-order valence-corrected chi connectivity index (χ0v) is 10.7. The van der Waals surface area contributed by atoms with E-state index in [0.717, 1.165) is 15.2 Å². The highest BCUT2D eigenvalue weighted by Gasteiger charge is 2.10. The van der Waals surface area contributed by atoms with Gasteiger partial charge in [0.15, 0.2) is 5.75 Å². The molecule has 6 nitrogen and oxygen atoms in total. The van der Waals surface area contributed by atoms with Gasteiger partial charge in [-0.2, -0.15) is 4.98 Å². The first-order valence-electron chi connectivity index (χ1n) is 5.32. The lowest BCUT2D eigenvalue weighted by atomic mass is 10.3. The van der Waals surface area contributed by atoms with Gasteiger partial charge in [0.1, 0.15) is 6.33 Å². The number of nitrogen functional groups attached to an aromatic ring is 1. The fourth-order valence-electron chi connectivity index (χ4n) is 1.64. The van der Waals surface area contributed by atoms with Gasteiger partial charge in [0, 0.05) is 13.1 Å². The van der Waals surface area contributed by atoms with Gasteiger partial charge in [0.2, 0.25) is 0 Å². The number of thiazole rings is 1. The van der Waals surface area contributed by atoms with Crippen LogP contribution in [0.2, 0.25) is 0 Å². The molecule has 0 saturated heterocycles. The molecule has 2 aromatic heterocycles. The summed E-state index contributed by atoms with van der Waals surface area (Å²) in [4.78, 5) is 8.39. The first-order valence-corrected chi connectivity index (χ1v) is 6.13. The SMILES string of the molecule is Cc1nc2cc(Oc3ncn(C)n3)c(N)cc2s1. The molecule has 0 aliphatic carbocycles. The van der Waals surface area contributed by atoms with Gasteiger partial charge in [0.25, 0.3) is 0 Å². The summed E-state index contributed by atoms with van der Waals surface area (Å²) in [6, 6.07) is 3.94. The molecule has 92 valence electrons. The Hall–Kier alpha value is -2.15. The van der Waals surface area contributed by atoms with Gasteiger partial charge < -0.3 is 10.5 Å². The lowest BCUT2D eigenvalue weighted by Gasteiger charge is -2.04. The molecule has 3 rings (SSSR count). The van der Waals surface area contributed by atoms with E-state index in [-0.39, 0.29) is 6.01 Å². The van der Waals surface area contributed by atoms with Crippen LogP contribution in [-0.2, 0) is 7.05 Å². The first kappa shape index (κ1) is 11.0. The molecule has 0 aliphatic rings. The van der Waals surface area contributed by atoms with Crippen molar-refractivity contribution in [3.05, 3.63) is 23.5 Å². The molecule has 0 aliphatic heterocycles. The number of anilines is 1. The van der Waals surface area contributed by atoms with Crippen LogP contribution in [0.5, 0.6) is 11.8 Å². The third-order valence-electron chi connectivity index (χ3n) is 2.41. The number of rotatable bonds is 2. The van der Waals surface area contributed by atoms with E-state index < -0.39 is 0 Å². The van der Waals surface area contributed by atoms with Gasteiger partial charge in [-0.3, -0.25) is 4.68 Å². The van der Waals surface area contributed by atoms with Crippen molar-refractivity contribution in [3.63, 3.8) is 0 Å². The van der Waals surface area contributed by atoms with Crippen molar-refractivity contribution < 1.29 is 4.74 Å². The highest BCUT2D eigenvalue weighted by molar-refractivity contribution is 7.18. The second-order valence-electron chi connectivity index (χ2n) is 3.89. The number of nitrogens with zero attached hydrogens (tertiary/aromatic N) is 4. The van der Waals surface area contributed by atoms with E-state index in [9.17, 15) is 0 Å². The summed E-state index contributed by atoms with van der Waals surface area (Å²) in [6.07, 6.45) is 1.57. The largest absolute Gasteiger partial charge is 0.421 e. The summed E-state index contributed by atoms with van der Waals surface area (Å²) in [5.74, 6) is 0.527. The molecule has 0 bridgehead atoms. The minimum atomic E-state index is 0.274. The molecule has 2 N–H and O–H groups in total. The number of fused-ring (bicyclic) bond motifs is 1. The van der Waals surface area contributed by atoms with Crippen molar-refractivity contribution in [2.45, 2.75) is 6.92 Å². The van der Waals surface area contributed by atoms with Gasteiger partial charge >= 0.3 is 6.01 Å². The molecule has 3 aromatic rings. The Kier molecular flexibility index (Phi) is 2.41. The monoisotopic (exact) mass is 261 g/mol. The number of nitrogens with two attached hydrogens (primary N) is 1. The standard InChI is InChI=1S/C11H11N5OS/c1-6-14-8-4-9(7(12)3-10(8)18-6)17-11-13-5-16(2)15-11/h3-5H,12H2,1-2H3. The molecule has 2 heterocycles. The summed E-state index contributed by atoms with van der Waals surface area (Å²) >= 11 is 1.60. The highest BCUT2D eigenvalue weighted by Crippen LogP contribution is 2.32. The molecule has 0 fully saturated rings. The van der Waals surface area contributed by atoms with E-state index in [1.54, 1.807) is 29.4 Å².